The van der Waals surface area contributed by atoms with Crippen LogP contribution in [0.4, 0.5) is 4.79 Å². The number of hydrogen-bond acceptors (Lipinski definition) is 4. The van der Waals surface area contributed by atoms with Crippen LogP contribution in [0.15, 0.2) is 36.0 Å². The molecule has 1 atom stereocenters. The van der Waals surface area contributed by atoms with Gasteiger partial charge in [0.05, 0.1) is 5.69 Å². The van der Waals surface area contributed by atoms with Gasteiger partial charge in [0.2, 0.25) is 0 Å². The number of hydrogen-bond donors (Lipinski definition) is 2. The lowest BCUT2D eigenvalue weighted by Crippen LogP contribution is -2.30. The predicted octanol–water partition coefficient (Wildman–Crippen LogP) is 2.37. The second-order valence-corrected chi connectivity index (χ2v) is 7.86. The Hall–Kier alpha value is -3.48. The molecule has 1 aliphatic carbocycles. The number of pyridine rings is 1. The normalized spacial score (nSPS) is 18.9. The number of urea groups is 1. The molecule has 5 rings (SSSR count). The molecule has 30 heavy (non-hydrogen) atoms. The summed E-state index contributed by atoms with van der Waals surface area (Å²) in [4.78, 5) is 40.2. The van der Waals surface area contributed by atoms with E-state index in [1.807, 2.05) is 26.1 Å². The molecule has 3 aliphatic rings. The van der Waals surface area contributed by atoms with Crippen molar-refractivity contribution < 1.29 is 14.4 Å². The number of carbonyl (C=O) groups is 3. The van der Waals surface area contributed by atoms with Crippen LogP contribution in [0.3, 0.4) is 0 Å². The third-order valence-corrected chi connectivity index (χ3v) is 5.57. The zero-order valence-electron chi connectivity index (χ0n) is 17.3. The lowest BCUT2D eigenvalue weighted by molar-refractivity contribution is -0.119. The summed E-state index contributed by atoms with van der Waals surface area (Å²) in [5.41, 5.74) is 7.27. The Morgan fingerprint density at radius 2 is 1.97 bits per heavy atom. The first-order valence-electron chi connectivity index (χ1n) is 10.00. The number of nitrogens with one attached hydrogen (secondary N) is 2. The van der Waals surface area contributed by atoms with Gasteiger partial charge in [-0.3, -0.25) is 19.9 Å². The Morgan fingerprint density at radius 1 is 1.17 bits per heavy atom. The predicted molar refractivity (Wildman–Crippen MR) is 113 cm³/mol. The van der Waals surface area contributed by atoms with Crippen LogP contribution in [0.2, 0.25) is 0 Å². The van der Waals surface area contributed by atoms with E-state index in [0.717, 1.165) is 46.5 Å². The van der Waals surface area contributed by atoms with E-state index >= 15 is 0 Å². The largest absolute Gasteiger partial charge is 0.337 e. The van der Waals surface area contributed by atoms with E-state index in [1.165, 1.54) is 5.56 Å². The number of carbonyl (C=O) groups excluding carboxylic acids is 3. The van der Waals surface area contributed by atoms with Crippen molar-refractivity contribution >= 4 is 23.9 Å². The summed E-state index contributed by atoms with van der Waals surface area (Å²) >= 11 is 0. The van der Waals surface area contributed by atoms with Crippen LogP contribution < -0.4 is 10.6 Å². The molecule has 1 aromatic heterocycles. The average Bonchev–Trinajstić information content (AvgIpc) is 3.37. The summed E-state index contributed by atoms with van der Waals surface area (Å²) in [5.74, 6) is -0.129. The van der Waals surface area contributed by atoms with Crippen LogP contribution in [-0.2, 0) is 24.2 Å². The smallest absolute Gasteiger partial charge is 0.322 e. The van der Waals surface area contributed by atoms with Crippen LogP contribution in [0.25, 0.3) is 6.08 Å². The minimum absolute atomic E-state index is 0.158. The molecule has 1 unspecified atom stereocenters. The molecule has 0 radical (unpaired) electrons. The van der Waals surface area contributed by atoms with Gasteiger partial charge in [-0.05, 0) is 59.7 Å². The molecule has 7 heteroatoms. The lowest BCUT2D eigenvalue weighted by atomic mass is 10.0. The highest BCUT2D eigenvalue weighted by atomic mass is 16.2. The molecule has 1 saturated heterocycles. The Kier molecular flexibility index (Phi) is 5.11. The number of aryl methyl sites for hydroxylation is 2. The van der Waals surface area contributed by atoms with Crippen LogP contribution in [0.5, 0.6) is 0 Å². The number of nitrogens with zero attached hydrogens (tertiary/aromatic N) is 2. The maximum absolute atomic E-state index is 11.6. The van der Waals surface area contributed by atoms with E-state index in [1.54, 1.807) is 11.1 Å². The summed E-state index contributed by atoms with van der Waals surface area (Å²) in [6.45, 7) is 4.85. The van der Waals surface area contributed by atoms with Gasteiger partial charge in [0.25, 0.3) is 11.8 Å². The zero-order valence-corrected chi connectivity index (χ0v) is 17.3. The molecule has 3 heterocycles. The van der Waals surface area contributed by atoms with E-state index in [-0.39, 0.29) is 11.8 Å². The molecule has 2 aromatic rings. The monoisotopic (exact) mass is 404 g/mol. The number of benzene rings is 1. The molecular formula is C23H24N4O3. The van der Waals surface area contributed by atoms with Crippen LogP contribution in [-0.4, -0.2) is 40.8 Å². The summed E-state index contributed by atoms with van der Waals surface area (Å²) < 4.78 is 0. The topological polar surface area (TPSA) is 91.4 Å². The fraction of sp³-hybridized carbons (Fsp3) is 0.304. The van der Waals surface area contributed by atoms with Gasteiger partial charge in [0.1, 0.15) is 6.04 Å². The van der Waals surface area contributed by atoms with Gasteiger partial charge in [0, 0.05) is 25.4 Å². The van der Waals surface area contributed by atoms with Crippen molar-refractivity contribution in [2.45, 2.75) is 39.3 Å². The minimum Gasteiger partial charge on any atom is -0.337 e. The summed E-state index contributed by atoms with van der Waals surface area (Å²) in [7, 11) is 1.84. The van der Waals surface area contributed by atoms with Gasteiger partial charge >= 0.3 is 6.03 Å². The molecule has 154 valence electrons. The number of amides is 4. The highest BCUT2D eigenvalue weighted by Crippen LogP contribution is 2.27. The summed E-state index contributed by atoms with van der Waals surface area (Å²) in [6, 6.07) is 7.26. The molecule has 0 bridgehead atoms. The van der Waals surface area contributed by atoms with E-state index in [0.29, 0.717) is 6.42 Å². The van der Waals surface area contributed by atoms with Crippen LogP contribution in [0, 0.1) is 6.92 Å². The third kappa shape index (κ3) is 3.70. The van der Waals surface area contributed by atoms with E-state index in [9.17, 15) is 14.4 Å². The quantitative estimate of drug-likeness (QED) is 0.752. The van der Waals surface area contributed by atoms with E-state index < -0.39 is 12.1 Å². The second-order valence-electron chi connectivity index (χ2n) is 7.86. The van der Waals surface area contributed by atoms with Crippen molar-refractivity contribution in [2.75, 3.05) is 7.05 Å². The van der Waals surface area contributed by atoms with Crippen molar-refractivity contribution in [2.24, 2.45) is 0 Å². The summed E-state index contributed by atoms with van der Waals surface area (Å²) in [6.07, 6.45) is 5.34. The number of fused-ring (bicyclic) bond motifs is 2. The Labute approximate surface area is 175 Å². The van der Waals surface area contributed by atoms with Crippen molar-refractivity contribution in [1.82, 2.24) is 20.5 Å². The van der Waals surface area contributed by atoms with Crippen LogP contribution >= 0.6 is 0 Å². The Morgan fingerprint density at radius 3 is 2.67 bits per heavy atom. The first-order chi connectivity index (χ1) is 14.4. The molecule has 1 aromatic carbocycles. The lowest BCUT2D eigenvalue weighted by Gasteiger charge is -2.07. The maximum Gasteiger partial charge on any atom is 0.322 e. The second kappa shape index (κ2) is 7.74. The minimum atomic E-state index is -0.544. The molecule has 0 saturated carbocycles. The zero-order chi connectivity index (χ0) is 21.4. The van der Waals surface area contributed by atoms with Crippen LogP contribution in [0.1, 0.15) is 45.2 Å². The Balaban J connectivity index is 0.000000151. The molecule has 4 amide bonds. The van der Waals surface area contributed by atoms with Gasteiger partial charge in [-0.15, -0.1) is 0 Å². The fourth-order valence-electron chi connectivity index (χ4n) is 3.94. The first kappa shape index (κ1) is 19.8. The van der Waals surface area contributed by atoms with Gasteiger partial charge < -0.3 is 10.2 Å². The van der Waals surface area contributed by atoms with Crippen molar-refractivity contribution in [3.05, 3.63) is 69.5 Å². The van der Waals surface area contributed by atoms with E-state index in [4.69, 9.17) is 0 Å². The van der Waals surface area contributed by atoms with Crippen molar-refractivity contribution in [3.63, 3.8) is 0 Å². The number of aromatic nitrogens is 1. The van der Waals surface area contributed by atoms with Gasteiger partial charge in [0.15, 0.2) is 0 Å². The average molecular weight is 404 g/mol. The summed E-state index contributed by atoms with van der Waals surface area (Å²) in [5, 5.41) is 4.83. The van der Waals surface area contributed by atoms with Gasteiger partial charge in [-0.2, -0.15) is 0 Å². The first-order valence-corrected chi connectivity index (χ1v) is 10.00. The highest BCUT2D eigenvalue weighted by Gasteiger charge is 2.34. The fourth-order valence-corrected chi connectivity index (χ4v) is 3.94. The molecule has 0 spiro atoms. The van der Waals surface area contributed by atoms with Crippen molar-refractivity contribution in [3.8, 4) is 0 Å². The van der Waals surface area contributed by atoms with Gasteiger partial charge in [-0.1, -0.05) is 25.1 Å². The molecular weight excluding hydrogens is 380 g/mol. The maximum atomic E-state index is 11.6. The third-order valence-electron chi connectivity index (χ3n) is 5.57. The molecule has 1 fully saturated rings. The SMILES string of the molecule is CCc1ccc2c(c1)C(=O)N(C)C2.Cc1cnc2c(c1)CC(C1NC(=O)NC1=O)=C2. The van der Waals surface area contributed by atoms with E-state index in [2.05, 4.69) is 40.7 Å². The molecule has 2 aliphatic heterocycles. The van der Waals surface area contributed by atoms with Gasteiger partial charge in [-0.25, -0.2) is 4.79 Å². The van der Waals surface area contributed by atoms with Crippen molar-refractivity contribution in [1.29, 1.82) is 0 Å². The highest BCUT2D eigenvalue weighted by molar-refractivity contribution is 6.06. The number of imide groups is 1. The standard InChI is InChI=1S/C12H11N3O2.C11H13NO/c1-6-2-7-3-8(4-9(7)13-5-6)10-11(16)15-12(17)14-10;1-3-8-4-5-9-7-12(2)11(13)10(9)6-8/h2,4-5,10H,3H2,1H3,(H2,14,15,16,17);4-6H,3,7H2,1-2H3. The Bertz CT molecular complexity index is 1090. The molecule has 7 nitrogen and oxygen atoms in total. The molecule has 2 N–H and O–H groups in total. The number of rotatable bonds is 2.